The van der Waals surface area contributed by atoms with E-state index in [9.17, 15) is 0 Å². The van der Waals surface area contributed by atoms with Crippen molar-refractivity contribution < 1.29 is 9.31 Å². The molecule has 0 aliphatic carbocycles. The van der Waals surface area contributed by atoms with Crippen LogP contribution in [0.2, 0.25) is 0 Å². The summed E-state index contributed by atoms with van der Waals surface area (Å²) in [6.07, 6.45) is 6.35. The lowest BCUT2D eigenvalue weighted by molar-refractivity contribution is 0.00578. The molecule has 0 atom stereocenters. The highest BCUT2D eigenvalue weighted by molar-refractivity contribution is 6.61. The molecule has 1 aliphatic heterocycles. The molecule has 0 unspecified atom stereocenters. The minimum Gasteiger partial charge on any atom is -0.399 e. The molecule has 0 radical (unpaired) electrons. The Balaban J connectivity index is 1.83. The fraction of sp³-hybridized carbons (Fsp3) is 0.500. The summed E-state index contributed by atoms with van der Waals surface area (Å²) in [5.74, 6) is 0.461. The van der Waals surface area contributed by atoms with Crippen LogP contribution in [0.25, 0.3) is 5.95 Å². The van der Waals surface area contributed by atoms with Crippen LogP contribution in [0.3, 0.4) is 0 Å². The van der Waals surface area contributed by atoms with E-state index >= 15 is 0 Å². The van der Waals surface area contributed by atoms with E-state index in [2.05, 4.69) is 20.1 Å². The molecule has 0 amide bonds. The Morgan fingerprint density at radius 3 is 2.15 bits per heavy atom. The Kier molecular flexibility index (Phi) is 2.88. The molecule has 0 N–H and O–H groups in total. The molecule has 20 heavy (non-hydrogen) atoms. The van der Waals surface area contributed by atoms with Crippen LogP contribution >= 0.6 is 0 Å². The van der Waals surface area contributed by atoms with E-state index in [0.717, 1.165) is 5.46 Å². The number of hydrogen-bond donors (Lipinski definition) is 0. The van der Waals surface area contributed by atoms with Crippen molar-refractivity contribution >= 4 is 12.6 Å². The molecular formula is C12H16BN5O2. The van der Waals surface area contributed by atoms with Crippen molar-refractivity contribution in [2.75, 3.05) is 0 Å². The summed E-state index contributed by atoms with van der Waals surface area (Å²) in [6, 6.07) is 0. The molecule has 8 heteroatoms. The Morgan fingerprint density at radius 1 is 1.05 bits per heavy atom. The first-order chi connectivity index (χ1) is 9.39. The number of aromatic nitrogens is 5. The quantitative estimate of drug-likeness (QED) is 0.735. The third-order valence-electron chi connectivity index (χ3n) is 3.81. The van der Waals surface area contributed by atoms with E-state index in [0.29, 0.717) is 5.95 Å². The molecule has 0 aromatic carbocycles. The molecule has 1 aliphatic rings. The predicted octanol–water partition coefficient (Wildman–Crippen LogP) is 0.356. The minimum atomic E-state index is -0.454. The van der Waals surface area contributed by atoms with Gasteiger partial charge in [-0.2, -0.15) is 9.78 Å². The highest BCUT2D eigenvalue weighted by Crippen LogP contribution is 2.36. The van der Waals surface area contributed by atoms with Crippen molar-refractivity contribution in [3.8, 4) is 5.95 Å². The van der Waals surface area contributed by atoms with Crippen LogP contribution in [0.5, 0.6) is 0 Å². The molecule has 3 heterocycles. The first kappa shape index (κ1) is 13.2. The second kappa shape index (κ2) is 4.36. The van der Waals surface area contributed by atoms with Gasteiger partial charge in [0.25, 0.3) is 5.95 Å². The van der Waals surface area contributed by atoms with Gasteiger partial charge in [-0.15, -0.1) is 0 Å². The topological polar surface area (TPSA) is 75.0 Å². The van der Waals surface area contributed by atoms with Crippen molar-refractivity contribution in [1.29, 1.82) is 0 Å². The Bertz CT molecular complexity index is 581. The zero-order valence-electron chi connectivity index (χ0n) is 11.9. The second-order valence-corrected chi connectivity index (χ2v) is 5.74. The van der Waals surface area contributed by atoms with Crippen LogP contribution in [-0.4, -0.2) is 43.1 Å². The molecule has 2 aromatic rings. The maximum atomic E-state index is 5.94. The molecule has 0 spiro atoms. The lowest BCUT2D eigenvalue weighted by atomic mass is 9.81. The van der Waals surface area contributed by atoms with Gasteiger partial charge in [0.15, 0.2) is 0 Å². The molecule has 104 valence electrons. The van der Waals surface area contributed by atoms with Gasteiger partial charge >= 0.3 is 7.12 Å². The van der Waals surface area contributed by atoms with Crippen molar-refractivity contribution in [1.82, 2.24) is 24.7 Å². The van der Waals surface area contributed by atoms with Crippen molar-refractivity contribution in [3.05, 3.63) is 25.0 Å². The zero-order valence-corrected chi connectivity index (χ0v) is 11.9. The largest absolute Gasteiger partial charge is 0.498 e. The van der Waals surface area contributed by atoms with Gasteiger partial charge in [0.1, 0.15) is 12.7 Å². The van der Waals surface area contributed by atoms with E-state index in [1.807, 2.05) is 27.7 Å². The number of hydrogen-bond acceptors (Lipinski definition) is 6. The maximum absolute atomic E-state index is 5.94. The van der Waals surface area contributed by atoms with Crippen LogP contribution in [0.1, 0.15) is 27.7 Å². The van der Waals surface area contributed by atoms with E-state index < -0.39 is 7.12 Å². The van der Waals surface area contributed by atoms with Gasteiger partial charge in [0.05, 0.1) is 11.2 Å². The summed E-state index contributed by atoms with van der Waals surface area (Å²) in [5, 5.41) is 3.98. The van der Waals surface area contributed by atoms with Gasteiger partial charge < -0.3 is 9.31 Å². The van der Waals surface area contributed by atoms with Gasteiger partial charge in [0, 0.05) is 17.9 Å². The Labute approximate surface area is 117 Å². The third kappa shape index (κ3) is 2.10. The van der Waals surface area contributed by atoms with Crippen LogP contribution < -0.4 is 5.46 Å². The lowest BCUT2D eigenvalue weighted by Gasteiger charge is -2.32. The van der Waals surface area contributed by atoms with Gasteiger partial charge in [-0.1, -0.05) is 0 Å². The van der Waals surface area contributed by atoms with Crippen LogP contribution in [0.15, 0.2) is 25.0 Å². The van der Waals surface area contributed by atoms with Crippen molar-refractivity contribution in [2.24, 2.45) is 0 Å². The molecular weight excluding hydrogens is 257 g/mol. The summed E-state index contributed by atoms with van der Waals surface area (Å²) in [7, 11) is -0.454. The zero-order chi connectivity index (χ0) is 14.4. The Morgan fingerprint density at radius 2 is 1.65 bits per heavy atom. The average Bonchev–Trinajstić information content (AvgIpc) is 2.97. The summed E-state index contributed by atoms with van der Waals surface area (Å²) < 4.78 is 13.4. The van der Waals surface area contributed by atoms with Crippen LogP contribution in [0.4, 0.5) is 0 Å². The van der Waals surface area contributed by atoms with E-state index in [-0.39, 0.29) is 11.2 Å². The highest BCUT2D eigenvalue weighted by Gasteiger charge is 2.51. The summed E-state index contributed by atoms with van der Waals surface area (Å²) in [6.45, 7) is 8.05. The molecule has 0 saturated carbocycles. The van der Waals surface area contributed by atoms with Crippen LogP contribution in [0, 0.1) is 0 Å². The normalized spacial score (nSPS) is 20.3. The van der Waals surface area contributed by atoms with Crippen LogP contribution in [-0.2, 0) is 9.31 Å². The summed E-state index contributed by atoms with van der Waals surface area (Å²) in [4.78, 5) is 12.4. The molecule has 2 aromatic heterocycles. The first-order valence-electron chi connectivity index (χ1n) is 6.42. The van der Waals surface area contributed by atoms with E-state index in [1.54, 1.807) is 18.7 Å². The maximum Gasteiger partial charge on any atom is 0.498 e. The monoisotopic (exact) mass is 273 g/mol. The van der Waals surface area contributed by atoms with Crippen molar-refractivity contribution in [2.45, 2.75) is 38.9 Å². The smallest absolute Gasteiger partial charge is 0.399 e. The second-order valence-electron chi connectivity index (χ2n) is 5.74. The SMILES string of the molecule is CC1(C)OB(c2cnc(-n3cncn3)nc2)OC1(C)C. The lowest BCUT2D eigenvalue weighted by Crippen LogP contribution is -2.41. The number of nitrogens with zero attached hydrogens (tertiary/aromatic N) is 5. The molecule has 3 rings (SSSR count). The summed E-state index contributed by atoms with van der Waals surface area (Å²) >= 11 is 0. The van der Waals surface area contributed by atoms with Gasteiger partial charge in [0.2, 0.25) is 0 Å². The molecule has 0 bridgehead atoms. The molecule has 1 fully saturated rings. The highest BCUT2D eigenvalue weighted by atomic mass is 16.7. The summed E-state index contributed by atoms with van der Waals surface area (Å²) in [5.41, 5.74) is 0.0392. The molecule has 1 saturated heterocycles. The van der Waals surface area contributed by atoms with E-state index in [4.69, 9.17) is 9.31 Å². The predicted molar refractivity (Wildman–Crippen MR) is 72.7 cm³/mol. The van der Waals surface area contributed by atoms with Crippen molar-refractivity contribution in [3.63, 3.8) is 0 Å². The Hall–Kier alpha value is -1.80. The third-order valence-corrected chi connectivity index (χ3v) is 3.81. The number of rotatable bonds is 2. The van der Waals surface area contributed by atoms with Gasteiger partial charge in [-0.3, -0.25) is 0 Å². The van der Waals surface area contributed by atoms with E-state index in [1.165, 1.54) is 11.0 Å². The minimum absolute atomic E-state index is 0.373. The van der Waals surface area contributed by atoms with Gasteiger partial charge in [-0.25, -0.2) is 15.0 Å². The first-order valence-corrected chi connectivity index (χ1v) is 6.42. The fourth-order valence-electron chi connectivity index (χ4n) is 1.86. The standard InChI is InChI=1S/C12H16BN5O2/c1-11(2)12(3,4)20-13(19-11)9-5-15-10(16-6-9)18-8-14-7-17-18/h5-8H,1-4H3. The average molecular weight is 273 g/mol. The van der Waals surface area contributed by atoms with Gasteiger partial charge in [-0.05, 0) is 27.7 Å². The molecule has 7 nitrogen and oxygen atoms in total. The fourth-order valence-corrected chi connectivity index (χ4v) is 1.86.